The van der Waals surface area contributed by atoms with Crippen molar-refractivity contribution in [2.45, 2.75) is 33.3 Å². The van der Waals surface area contributed by atoms with Crippen LogP contribution in [0.15, 0.2) is 71.1 Å². The molecule has 8 heteroatoms. The third-order valence-electron chi connectivity index (χ3n) is 5.31. The van der Waals surface area contributed by atoms with Gasteiger partial charge < -0.3 is 19.2 Å². The number of carbonyl (C=O) groups excluding carboxylic acids is 1. The van der Waals surface area contributed by atoms with Gasteiger partial charge in [-0.15, -0.1) is 0 Å². The van der Waals surface area contributed by atoms with Crippen molar-refractivity contribution in [2.24, 2.45) is 0 Å². The van der Waals surface area contributed by atoms with Gasteiger partial charge in [0.1, 0.15) is 17.0 Å². The van der Waals surface area contributed by atoms with Gasteiger partial charge >= 0.3 is 0 Å². The molecule has 1 aromatic heterocycles. The number of amides is 1. The number of thiocarbonyl (C=S) groups is 1. The summed E-state index contributed by atoms with van der Waals surface area (Å²) in [6.07, 6.45) is 1.02. The highest BCUT2D eigenvalue weighted by molar-refractivity contribution is 7.80. The zero-order valence-electron chi connectivity index (χ0n) is 19.8. The minimum absolute atomic E-state index is 0.116. The largest absolute Gasteiger partial charge is 0.494 e. The molecule has 4 aromatic rings. The highest BCUT2D eigenvalue weighted by Gasteiger charge is 2.12. The second kappa shape index (κ2) is 11.0. The van der Waals surface area contributed by atoms with Gasteiger partial charge in [-0.2, -0.15) is 0 Å². The first-order chi connectivity index (χ1) is 16.9. The summed E-state index contributed by atoms with van der Waals surface area (Å²) in [5.74, 6) is 1.72. The average molecular weight is 490 g/mol. The molecule has 0 aliphatic heterocycles. The van der Waals surface area contributed by atoms with Crippen molar-refractivity contribution >= 4 is 40.0 Å². The molecule has 1 atom stereocenters. The lowest BCUT2D eigenvalue weighted by Gasteiger charge is -2.13. The molecular formula is C27H27N3O4S. The van der Waals surface area contributed by atoms with Crippen LogP contribution in [0.5, 0.6) is 11.5 Å². The van der Waals surface area contributed by atoms with E-state index < -0.39 is 0 Å². The Hall–Kier alpha value is -3.91. The van der Waals surface area contributed by atoms with Gasteiger partial charge in [-0.3, -0.25) is 10.1 Å². The van der Waals surface area contributed by atoms with Crippen LogP contribution >= 0.6 is 12.2 Å². The van der Waals surface area contributed by atoms with Crippen LogP contribution in [0.1, 0.15) is 37.6 Å². The molecule has 0 bridgehead atoms. The Morgan fingerprint density at radius 2 is 1.74 bits per heavy atom. The zero-order valence-corrected chi connectivity index (χ0v) is 20.6. The molecule has 2 N–H and O–H groups in total. The van der Waals surface area contributed by atoms with Crippen LogP contribution in [0, 0.1) is 0 Å². The first kappa shape index (κ1) is 24.2. The van der Waals surface area contributed by atoms with Crippen molar-refractivity contribution in [2.75, 3.05) is 11.9 Å². The van der Waals surface area contributed by atoms with Gasteiger partial charge in [-0.25, -0.2) is 4.98 Å². The lowest BCUT2D eigenvalue weighted by Crippen LogP contribution is -2.34. The SMILES string of the molecule is CCOc1ccc(-c2nc3cc(NC(=S)NC(=O)c4ccc(OC(C)CC)cc4)ccc3o2)cc1. The zero-order chi connectivity index (χ0) is 24.8. The second-order valence-corrected chi connectivity index (χ2v) is 8.34. The number of oxazole rings is 1. The molecule has 0 aliphatic carbocycles. The molecule has 1 amide bonds. The number of ether oxygens (including phenoxy) is 2. The highest BCUT2D eigenvalue weighted by atomic mass is 32.1. The Morgan fingerprint density at radius 3 is 2.43 bits per heavy atom. The van der Waals surface area contributed by atoms with Crippen molar-refractivity contribution < 1.29 is 18.7 Å². The van der Waals surface area contributed by atoms with Gasteiger partial charge in [0.05, 0.1) is 12.7 Å². The van der Waals surface area contributed by atoms with Crippen LogP contribution in [0.3, 0.4) is 0 Å². The first-order valence-electron chi connectivity index (χ1n) is 11.5. The molecule has 4 rings (SSSR count). The predicted molar refractivity (Wildman–Crippen MR) is 141 cm³/mol. The molecule has 0 aliphatic rings. The number of aromatic nitrogens is 1. The second-order valence-electron chi connectivity index (χ2n) is 7.93. The summed E-state index contributed by atoms with van der Waals surface area (Å²) < 4.78 is 17.1. The molecule has 0 spiro atoms. The van der Waals surface area contributed by atoms with E-state index in [0.29, 0.717) is 34.8 Å². The van der Waals surface area contributed by atoms with Crippen molar-refractivity contribution in [1.29, 1.82) is 0 Å². The molecule has 1 heterocycles. The minimum atomic E-state index is -0.308. The Morgan fingerprint density at radius 1 is 1.03 bits per heavy atom. The third-order valence-corrected chi connectivity index (χ3v) is 5.52. The van der Waals surface area contributed by atoms with E-state index in [1.54, 1.807) is 24.3 Å². The summed E-state index contributed by atoms with van der Waals surface area (Å²) in [7, 11) is 0. The number of anilines is 1. The summed E-state index contributed by atoms with van der Waals surface area (Å²) in [6, 6.07) is 20.0. The van der Waals surface area contributed by atoms with Crippen molar-refractivity contribution in [3.05, 3.63) is 72.3 Å². The van der Waals surface area contributed by atoms with E-state index in [0.717, 1.165) is 23.5 Å². The van der Waals surface area contributed by atoms with Crippen LogP contribution in [-0.2, 0) is 0 Å². The predicted octanol–water partition coefficient (Wildman–Crippen LogP) is 6.20. The maximum Gasteiger partial charge on any atom is 0.257 e. The van der Waals surface area contributed by atoms with E-state index in [-0.39, 0.29) is 17.1 Å². The van der Waals surface area contributed by atoms with E-state index >= 15 is 0 Å². The summed E-state index contributed by atoms with van der Waals surface area (Å²) in [5, 5.41) is 5.91. The maximum atomic E-state index is 12.6. The normalized spacial score (nSPS) is 11.6. The summed E-state index contributed by atoms with van der Waals surface area (Å²) in [5.41, 5.74) is 3.34. The number of fused-ring (bicyclic) bond motifs is 1. The lowest BCUT2D eigenvalue weighted by molar-refractivity contribution is 0.0977. The molecular weight excluding hydrogens is 462 g/mol. The molecule has 1 unspecified atom stereocenters. The standard InChI is InChI=1S/C27H27N3O4S/c1-4-17(3)33-22-13-6-18(7-14-22)25(31)30-27(35)28-20-10-15-24-23(16-20)29-26(34-24)19-8-11-21(12-9-19)32-5-2/h6-17H,4-5H2,1-3H3,(H2,28,30,31,35). The Balaban J connectivity index is 1.39. The average Bonchev–Trinajstić information content (AvgIpc) is 3.28. The number of nitrogens with zero attached hydrogens (tertiary/aromatic N) is 1. The van der Waals surface area contributed by atoms with E-state index in [2.05, 4.69) is 22.5 Å². The molecule has 0 radical (unpaired) electrons. The highest BCUT2D eigenvalue weighted by Crippen LogP contribution is 2.27. The fourth-order valence-electron chi connectivity index (χ4n) is 3.33. The number of nitrogens with one attached hydrogen (secondary N) is 2. The fourth-order valence-corrected chi connectivity index (χ4v) is 3.54. The van der Waals surface area contributed by atoms with Crippen molar-refractivity contribution in [1.82, 2.24) is 10.3 Å². The van der Waals surface area contributed by atoms with Crippen molar-refractivity contribution in [3.8, 4) is 23.0 Å². The summed E-state index contributed by atoms with van der Waals surface area (Å²) in [4.78, 5) is 17.1. The number of hydrogen-bond donors (Lipinski definition) is 2. The van der Waals surface area contributed by atoms with Gasteiger partial charge in [-0.1, -0.05) is 6.92 Å². The quantitative estimate of drug-likeness (QED) is 0.285. The van der Waals surface area contributed by atoms with E-state index in [1.807, 2.05) is 56.3 Å². The molecule has 0 saturated carbocycles. The summed E-state index contributed by atoms with van der Waals surface area (Å²) >= 11 is 5.33. The fraction of sp³-hybridized carbons (Fsp3) is 0.222. The van der Waals surface area contributed by atoms with Crippen molar-refractivity contribution in [3.63, 3.8) is 0 Å². The van der Waals surface area contributed by atoms with Gasteiger partial charge in [0.25, 0.3) is 5.91 Å². The third kappa shape index (κ3) is 6.16. The first-order valence-corrected chi connectivity index (χ1v) is 11.9. The van der Waals surface area contributed by atoms with Gasteiger partial charge in [0.2, 0.25) is 5.89 Å². The van der Waals surface area contributed by atoms with Crippen LogP contribution in [0.4, 0.5) is 5.69 Å². The number of rotatable bonds is 8. The Bertz CT molecular complexity index is 1320. The van der Waals surface area contributed by atoms with Crippen LogP contribution in [0.2, 0.25) is 0 Å². The number of carbonyl (C=O) groups is 1. The van der Waals surface area contributed by atoms with E-state index in [1.165, 1.54) is 0 Å². The maximum absolute atomic E-state index is 12.6. The number of benzene rings is 3. The topological polar surface area (TPSA) is 85.6 Å². The van der Waals surface area contributed by atoms with Crippen LogP contribution < -0.4 is 20.1 Å². The molecule has 35 heavy (non-hydrogen) atoms. The number of hydrogen-bond acceptors (Lipinski definition) is 6. The van der Waals surface area contributed by atoms with Gasteiger partial charge in [-0.05, 0) is 99.2 Å². The molecule has 7 nitrogen and oxygen atoms in total. The molecule has 0 fully saturated rings. The Labute approximate surface area is 209 Å². The molecule has 180 valence electrons. The van der Waals surface area contributed by atoms with Crippen LogP contribution in [0.25, 0.3) is 22.6 Å². The smallest absolute Gasteiger partial charge is 0.257 e. The van der Waals surface area contributed by atoms with E-state index in [9.17, 15) is 4.79 Å². The van der Waals surface area contributed by atoms with Gasteiger partial charge in [0, 0.05) is 16.8 Å². The minimum Gasteiger partial charge on any atom is -0.494 e. The lowest BCUT2D eigenvalue weighted by atomic mass is 10.2. The van der Waals surface area contributed by atoms with E-state index in [4.69, 9.17) is 26.1 Å². The summed E-state index contributed by atoms with van der Waals surface area (Å²) in [6.45, 7) is 6.61. The molecule has 0 saturated heterocycles. The van der Waals surface area contributed by atoms with Gasteiger partial charge in [0.15, 0.2) is 10.7 Å². The monoisotopic (exact) mass is 489 g/mol. The molecule has 3 aromatic carbocycles. The van der Waals surface area contributed by atoms with Crippen LogP contribution in [-0.4, -0.2) is 28.7 Å². The Kier molecular flexibility index (Phi) is 7.62.